The second kappa shape index (κ2) is 7.31. The largest absolute Gasteiger partial charge is 0.351 e. The van der Waals surface area contributed by atoms with Gasteiger partial charge in [-0.15, -0.1) is 0 Å². The highest BCUT2D eigenvalue weighted by Gasteiger charge is 2.15. The molecule has 2 aromatic carbocycles. The maximum absolute atomic E-state index is 12.7. The van der Waals surface area contributed by atoms with E-state index in [1.54, 1.807) is 11.9 Å². The molecule has 0 saturated heterocycles. The molecule has 0 spiro atoms. The molecular formula is C22H22N4O2. The van der Waals surface area contributed by atoms with Crippen LogP contribution in [0.3, 0.4) is 0 Å². The molecule has 0 aliphatic heterocycles. The summed E-state index contributed by atoms with van der Waals surface area (Å²) >= 11 is 0. The number of amides is 1. The Kier molecular flexibility index (Phi) is 4.69. The fourth-order valence-electron chi connectivity index (χ4n) is 3.34. The number of H-pyrrole nitrogens is 1. The number of hydrogen-bond acceptors (Lipinski definition) is 4. The van der Waals surface area contributed by atoms with Crippen LogP contribution in [-0.2, 0) is 6.42 Å². The maximum atomic E-state index is 12.7. The van der Waals surface area contributed by atoms with Crippen molar-refractivity contribution in [3.8, 4) is 11.6 Å². The quantitative estimate of drug-likeness (QED) is 0.569. The summed E-state index contributed by atoms with van der Waals surface area (Å²) in [6.07, 6.45) is 0.525. The molecule has 6 heteroatoms. The van der Waals surface area contributed by atoms with Gasteiger partial charge in [0, 0.05) is 36.5 Å². The lowest BCUT2D eigenvalue weighted by atomic mass is 10.1. The predicted octanol–water partition coefficient (Wildman–Crippen LogP) is 4.15. The van der Waals surface area contributed by atoms with Crippen LogP contribution in [0.2, 0.25) is 0 Å². The standard InChI is InChI=1S/C22H22N4O2/c1-14-10-15(2)12-17(11-14)22(27)26(3)9-8-20-24-21(28-25-20)19-13-16-6-4-5-7-18(16)23-19/h4-7,10-13,23H,8-9H2,1-3H3. The molecular weight excluding hydrogens is 352 g/mol. The van der Waals surface area contributed by atoms with Crippen LogP contribution in [-0.4, -0.2) is 39.5 Å². The lowest BCUT2D eigenvalue weighted by molar-refractivity contribution is 0.0795. The number of carbonyl (C=O) groups excluding carboxylic acids is 1. The average molecular weight is 374 g/mol. The lowest BCUT2D eigenvalue weighted by Crippen LogP contribution is -2.29. The zero-order valence-corrected chi connectivity index (χ0v) is 16.2. The number of benzene rings is 2. The molecule has 4 aromatic rings. The molecule has 28 heavy (non-hydrogen) atoms. The Balaban J connectivity index is 1.43. The minimum atomic E-state index is -0.00821. The van der Waals surface area contributed by atoms with Crippen LogP contribution >= 0.6 is 0 Å². The molecule has 142 valence electrons. The van der Waals surface area contributed by atoms with Gasteiger partial charge >= 0.3 is 0 Å². The predicted molar refractivity (Wildman–Crippen MR) is 108 cm³/mol. The van der Waals surface area contributed by atoms with E-state index >= 15 is 0 Å². The van der Waals surface area contributed by atoms with Crippen molar-refractivity contribution < 1.29 is 9.32 Å². The Morgan fingerprint density at radius 3 is 2.61 bits per heavy atom. The first kappa shape index (κ1) is 18.0. The van der Waals surface area contributed by atoms with E-state index in [4.69, 9.17) is 4.52 Å². The molecule has 0 fully saturated rings. The monoisotopic (exact) mass is 374 g/mol. The van der Waals surface area contributed by atoms with Gasteiger partial charge in [-0.2, -0.15) is 4.98 Å². The summed E-state index contributed by atoms with van der Waals surface area (Å²) in [4.78, 5) is 22.1. The highest BCUT2D eigenvalue weighted by molar-refractivity contribution is 5.94. The van der Waals surface area contributed by atoms with E-state index in [1.807, 2.05) is 56.3 Å². The number of rotatable bonds is 5. The number of nitrogens with one attached hydrogen (secondary N) is 1. The summed E-state index contributed by atoms with van der Waals surface area (Å²) in [5, 5.41) is 5.14. The van der Waals surface area contributed by atoms with Crippen LogP contribution in [0.1, 0.15) is 27.3 Å². The molecule has 0 aliphatic carbocycles. The van der Waals surface area contributed by atoms with E-state index in [0.29, 0.717) is 30.2 Å². The normalized spacial score (nSPS) is 11.1. The first-order valence-corrected chi connectivity index (χ1v) is 9.24. The molecule has 0 saturated carbocycles. The minimum absolute atomic E-state index is 0.00821. The smallest absolute Gasteiger partial charge is 0.274 e. The van der Waals surface area contributed by atoms with Gasteiger partial charge in [-0.05, 0) is 38.1 Å². The van der Waals surface area contributed by atoms with E-state index in [0.717, 1.165) is 27.7 Å². The molecule has 1 amide bonds. The SMILES string of the molecule is Cc1cc(C)cc(C(=O)N(C)CCc2noc(-c3cc4ccccc4[nH]3)n2)c1. The highest BCUT2D eigenvalue weighted by Crippen LogP contribution is 2.22. The van der Waals surface area contributed by atoms with Crippen LogP contribution in [0.5, 0.6) is 0 Å². The Hall–Kier alpha value is -3.41. The van der Waals surface area contributed by atoms with Crippen LogP contribution in [0.4, 0.5) is 0 Å². The Morgan fingerprint density at radius 2 is 1.86 bits per heavy atom. The van der Waals surface area contributed by atoms with Crippen LogP contribution < -0.4 is 0 Å². The molecule has 0 bridgehead atoms. The number of nitrogens with zero attached hydrogens (tertiary/aromatic N) is 3. The van der Waals surface area contributed by atoms with Crippen molar-refractivity contribution in [2.45, 2.75) is 20.3 Å². The number of hydrogen-bond donors (Lipinski definition) is 1. The van der Waals surface area contributed by atoms with E-state index in [-0.39, 0.29) is 5.91 Å². The van der Waals surface area contributed by atoms with Crippen molar-refractivity contribution in [3.63, 3.8) is 0 Å². The summed E-state index contributed by atoms with van der Waals surface area (Å²) in [6.45, 7) is 4.50. The van der Waals surface area contributed by atoms with Gasteiger partial charge in [-0.3, -0.25) is 4.79 Å². The van der Waals surface area contributed by atoms with Crippen LogP contribution in [0.15, 0.2) is 53.1 Å². The number of para-hydroxylation sites is 1. The molecule has 2 heterocycles. The summed E-state index contributed by atoms with van der Waals surface area (Å²) in [5.41, 5.74) is 4.68. The number of carbonyl (C=O) groups is 1. The maximum Gasteiger partial charge on any atom is 0.274 e. The van der Waals surface area contributed by atoms with Gasteiger partial charge in [0.25, 0.3) is 11.8 Å². The number of aromatic nitrogens is 3. The number of aromatic amines is 1. The number of fused-ring (bicyclic) bond motifs is 1. The molecule has 2 aromatic heterocycles. The highest BCUT2D eigenvalue weighted by atomic mass is 16.5. The molecule has 0 atom stereocenters. The first-order valence-electron chi connectivity index (χ1n) is 9.24. The van der Waals surface area contributed by atoms with Crippen molar-refractivity contribution in [2.24, 2.45) is 0 Å². The van der Waals surface area contributed by atoms with Gasteiger partial charge in [-0.25, -0.2) is 0 Å². The Bertz CT molecular complexity index is 1090. The molecule has 0 radical (unpaired) electrons. The third-order valence-corrected chi connectivity index (χ3v) is 4.71. The third kappa shape index (κ3) is 3.67. The minimum Gasteiger partial charge on any atom is -0.351 e. The van der Waals surface area contributed by atoms with Crippen molar-refractivity contribution in [3.05, 3.63) is 71.0 Å². The molecule has 0 unspecified atom stereocenters. The number of aryl methyl sites for hydroxylation is 2. The number of likely N-dealkylation sites (N-methyl/N-ethyl adjacent to an activating group) is 1. The second-order valence-electron chi connectivity index (χ2n) is 7.14. The van der Waals surface area contributed by atoms with Crippen molar-refractivity contribution >= 4 is 16.8 Å². The van der Waals surface area contributed by atoms with Gasteiger partial charge in [-0.1, -0.05) is 40.5 Å². The fourth-order valence-corrected chi connectivity index (χ4v) is 3.34. The first-order chi connectivity index (χ1) is 13.5. The topological polar surface area (TPSA) is 75.0 Å². The summed E-state index contributed by atoms with van der Waals surface area (Å²) < 4.78 is 5.39. The lowest BCUT2D eigenvalue weighted by Gasteiger charge is -2.17. The van der Waals surface area contributed by atoms with Gasteiger partial charge in [0.15, 0.2) is 5.82 Å². The zero-order chi connectivity index (χ0) is 19.7. The average Bonchev–Trinajstić information content (AvgIpc) is 3.31. The Labute approximate surface area is 163 Å². The van der Waals surface area contributed by atoms with Crippen molar-refractivity contribution in [1.82, 2.24) is 20.0 Å². The summed E-state index contributed by atoms with van der Waals surface area (Å²) in [7, 11) is 1.79. The zero-order valence-electron chi connectivity index (χ0n) is 16.2. The van der Waals surface area contributed by atoms with Crippen molar-refractivity contribution in [2.75, 3.05) is 13.6 Å². The van der Waals surface area contributed by atoms with Gasteiger partial charge in [0.05, 0.1) is 0 Å². The molecule has 0 aliphatic rings. The van der Waals surface area contributed by atoms with Crippen LogP contribution in [0, 0.1) is 13.8 Å². The van der Waals surface area contributed by atoms with Gasteiger partial charge in [0.2, 0.25) is 0 Å². The molecule has 1 N–H and O–H groups in total. The fraction of sp³-hybridized carbons (Fsp3) is 0.227. The third-order valence-electron chi connectivity index (χ3n) is 4.71. The van der Waals surface area contributed by atoms with Crippen LogP contribution in [0.25, 0.3) is 22.5 Å². The summed E-state index contributed by atoms with van der Waals surface area (Å²) in [5.74, 6) is 1.02. The van der Waals surface area contributed by atoms with E-state index in [2.05, 4.69) is 21.2 Å². The van der Waals surface area contributed by atoms with Crippen molar-refractivity contribution in [1.29, 1.82) is 0 Å². The summed E-state index contributed by atoms with van der Waals surface area (Å²) in [6, 6.07) is 15.9. The van der Waals surface area contributed by atoms with E-state index < -0.39 is 0 Å². The Morgan fingerprint density at radius 1 is 1.11 bits per heavy atom. The van der Waals surface area contributed by atoms with E-state index in [9.17, 15) is 4.79 Å². The van der Waals surface area contributed by atoms with Gasteiger partial charge in [0.1, 0.15) is 5.69 Å². The molecule has 6 nitrogen and oxygen atoms in total. The van der Waals surface area contributed by atoms with Gasteiger partial charge < -0.3 is 14.4 Å². The van der Waals surface area contributed by atoms with E-state index in [1.165, 1.54) is 0 Å². The molecule has 4 rings (SSSR count). The second-order valence-corrected chi connectivity index (χ2v) is 7.14.